The molecule has 3 aromatic rings. The second-order valence-electron chi connectivity index (χ2n) is 6.44. The van der Waals surface area contributed by atoms with Crippen LogP contribution < -0.4 is 24.8 Å². The second-order valence-corrected chi connectivity index (χ2v) is 6.44. The largest absolute Gasteiger partial charge is 0.493 e. The predicted molar refractivity (Wildman–Crippen MR) is 113 cm³/mol. The van der Waals surface area contributed by atoms with Crippen molar-refractivity contribution in [2.24, 2.45) is 0 Å². The summed E-state index contributed by atoms with van der Waals surface area (Å²) in [6.07, 6.45) is 1.64. The Bertz CT molecular complexity index is 996. The molecule has 1 aromatic carbocycles. The molecular formula is C20H26N6O4. The van der Waals surface area contributed by atoms with Crippen LogP contribution in [0.5, 0.6) is 17.2 Å². The Balaban J connectivity index is 1.87. The molecule has 0 bridgehead atoms. The molecule has 0 spiro atoms. The summed E-state index contributed by atoms with van der Waals surface area (Å²) in [5.74, 6) is 3.29. The third kappa shape index (κ3) is 4.38. The number of hydrogen-bond acceptors (Lipinski definition) is 9. The Morgan fingerprint density at radius 3 is 2.33 bits per heavy atom. The molecule has 0 saturated heterocycles. The van der Waals surface area contributed by atoms with Gasteiger partial charge in [0.15, 0.2) is 11.5 Å². The van der Waals surface area contributed by atoms with E-state index in [0.717, 1.165) is 17.1 Å². The van der Waals surface area contributed by atoms with Gasteiger partial charge in [-0.05, 0) is 19.9 Å². The maximum Gasteiger partial charge on any atom is 0.229 e. The highest BCUT2D eigenvalue weighted by atomic mass is 16.5. The highest BCUT2D eigenvalue weighted by Crippen LogP contribution is 2.40. The first-order chi connectivity index (χ1) is 14.5. The molecule has 2 heterocycles. The highest BCUT2D eigenvalue weighted by Gasteiger charge is 2.15. The van der Waals surface area contributed by atoms with Gasteiger partial charge in [0.25, 0.3) is 0 Å². The third-order valence-electron chi connectivity index (χ3n) is 4.56. The lowest BCUT2D eigenvalue weighted by Gasteiger charge is -2.15. The summed E-state index contributed by atoms with van der Waals surface area (Å²) in [5, 5.41) is 20.1. The van der Waals surface area contributed by atoms with Crippen LogP contribution in [-0.2, 0) is 6.54 Å². The number of benzene rings is 1. The van der Waals surface area contributed by atoms with Gasteiger partial charge in [-0.1, -0.05) is 0 Å². The van der Waals surface area contributed by atoms with Gasteiger partial charge in [0.1, 0.15) is 11.6 Å². The van der Waals surface area contributed by atoms with Crippen LogP contribution in [0.15, 0.2) is 24.4 Å². The van der Waals surface area contributed by atoms with Gasteiger partial charge in [0.05, 0.1) is 40.2 Å². The molecule has 0 unspecified atom stereocenters. The lowest BCUT2D eigenvalue weighted by atomic mass is 10.2. The third-order valence-corrected chi connectivity index (χ3v) is 4.56. The predicted octanol–water partition coefficient (Wildman–Crippen LogP) is 2.80. The van der Waals surface area contributed by atoms with E-state index in [9.17, 15) is 5.11 Å². The van der Waals surface area contributed by atoms with Crippen LogP contribution in [0, 0.1) is 13.8 Å². The SMILES string of the molecule is COc1cc(Nc2nccc(Nc3c(C)c(C)nn3CCO)n2)cc(OC)c1OC. The zero-order valence-electron chi connectivity index (χ0n) is 17.7. The van der Waals surface area contributed by atoms with Crippen molar-refractivity contribution in [1.82, 2.24) is 19.7 Å². The monoisotopic (exact) mass is 414 g/mol. The number of nitrogens with zero attached hydrogens (tertiary/aromatic N) is 4. The topological polar surface area (TPSA) is 116 Å². The smallest absolute Gasteiger partial charge is 0.229 e. The molecule has 10 heteroatoms. The number of rotatable bonds is 9. The summed E-state index contributed by atoms with van der Waals surface area (Å²) < 4.78 is 17.8. The van der Waals surface area contributed by atoms with E-state index >= 15 is 0 Å². The van der Waals surface area contributed by atoms with Crippen molar-refractivity contribution in [3.8, 4) is 17.2 Å². The van der Waals surface area contributed by atoms with Crippen LogP contribution in [0.25, 0.3) is 0 Å². The second kappa shape index (κ2) is 9.31. The van der Waals surface area contributed by atoms with E-state index in [2.05, 4.69) is 25.7 Å². The molecule has 0 aliphatic carbocycles. The minimum atomic E-state index is -0.00699. The quantitative estimate of drug-likeness (QED) is 0.486. The zero-order valence-corrected chi connectivity index (χ0v) is 17.7. The van der Waals surface area contributed by atoms with Crippen molar-refractivity contribution in [3.63, 3.8) is 0 Å². The number of methoxy groups -OCH3 is 3. The van der Waals surface area contributed by atoms with Crippen molar-refractivity contribution < 1.29 is 19.3 Å². The Morgan fingerprint density at radius 1 is 1.03 bits per heavy atom. The Labute approximate surface area is 174 Å². The van der Waals surface area contributed by atoms with Crippen molar-refractivity contribution in [2.75, 3.05) is 38.6 Å². The van der Waals surface area contributed by atoms with E-state index < -0.39 is 0 Å². The Hall–Kier alpha value is -3.53. The lowest BCUT2D eigenvalue weighted by molar-refractivity contribution is 0.270. The molecule has 0 amide bonds. The van der Waals surface area contributed by atoms with Crippen molar-refractivity contribution in [3.05, 3.63) is 35.7 Å². The first kappa shape index (κ1) is 21.2. The van der Waals surface area contributed by atoms with Gasteiger partial charge in [-0.15, -0.1) is 0 Å². The minimum Gasteiger partial charge on any atom is -0.493 e. The molecule has 2 aromatic heterocycles. The van der Waals surface area contributed by atoms with E-state index in [-0.39, 0.29) is 6.61 Å². The van der Waals surface area contributed by atoms with Crippen LogP contribution in [0.4, 0.5) is 23.3 Å². The standard InChI is InChI=1S/C20H26N6O4/c1-12-13(2)25-26(8-9-27)19(12)23-17-6-7-21-20(24-17)22-14-10-15(28-3)18(30-5)16(11-14)29-4/h6-7,10-11,27H,8-9H2,1-5H3,(H2,21,22,23,24). The number of aromatic nitrogens is 4. The van der Waals surface area contributed by atoms with Crippen molar-refractivity contribution >= 4 is 23.3 Å². The fourth-order valence-electron chi connectivity index (χ4n) is 2.98. The van der Waals surface area contributed by atoms with Crippen LogP contribution in [-0.4, -0.2) is 52.8 Å². The molecule has 3 N–H and O–H groups in total. The average molecular weight is 414 g/mol. The van der Waals surface area contributed by atoms with Crippen molar-refractivity contribution in [1.29, 1.82) is 0 Å². The van der Waals surface area contributed by atoms with Gasteiger partial charge in [0, 0.05) is 29.6 Å². The highest BCUT2D eigenvalue weighted by molar-refractivity contribution is 5.66. The van der Waals surface area contributed by atoms with Gasteiger partial charge >= 0.3 is 0 Å². The summed E-state index contributed by atoms with van der Waals surface area (Å²) in [5.41, 5.74) is 2.55. The molecule has 160 valence electrons. The Morgan fingerprint density at radius 2 is 1.73 bits per heavy atom. The number of aryl methyl sites for hydroxylation is 1. The summed E-state index contributed by atoms with van der Waals surface area (Å²) in [4.78, 5) is 8.80. The van der Waals surface area contributed by atoms with Gasteiger partial charge in [-0.3, -0.25) is 0 Å². The molecule has 30 heavy (non-hydrogen) atoms. The molecular weight excluding hydrogens is 388 g/mol. The van der Waals surface area contributed by atoms with Crippen LogP contribution in [0.1, 0.15) is 11.3 Å². The van der Waals surface area contributed by atoms with Gasteiger partial charge in [-0.25, -0.2) is 9.67 Å². The number of ether oxygens (including phenoxy) is 3. The van der Waals surface area contributed by atoms with Gasteiger partial charge in [0.2, 0.25) is 11.7 Å². The van der Waals surface area contributed by atoms with Crippen LogP contribution in [0.3, 0.4) is 0 Å². The van der Waals surface area contributed by atoms with E-state index in [1.165, 1.54) is 0 Å². The fourth-order valence-corrected chi connectivity index (χ4v) is 2.98. The number of aliphatic hydroxyl groups is 1. The molecule has 0 aliphatic heterocycles. The first-order valence-corrected chi connectivity index (χ1v) is 9.32. The van der Waals surface area contributed by atoms with Crippen LogP contribution >= 0.6 is 0 Å². The zero-order chi connectivity index (χ0) is 21.7. The number of aliphatic hydroxyl groups excluding tert-OH is 1. The minimum absolute atomic E-state index is 0.00699. The Kier molecular flexibility index (Phi) is 6.58. The van der Waals surface area contributed by atoms with Crippen molar-refractivity contribution in [2.45, 2.75) is 20.4 Å². The van der Waals surface area contributed by atoms with Gasteiger partial charge in [-0.2, -0.15) is 10.1 Å². The van der Waals surface area contributed by atoms with E-state index in [1.807, 2.05) is 13.8 Å². The molecule has 3 rings (SSSR count). The average Bonchev–Trinajstić information content (AvgIpc) is 3.01. The molecule has 0 radical (unpaired) electrons. The molecule has 10 nitrogen and oxygen atoms in total. The first-order valence-electron chi connectivity index (χ1n) is 9.32. The van der Waals surface area contributed by atoms with E-state index in [1.54, 1.807) is 50.4 Å². The molecule has 0 fully saturated rings. The van der Waals surface area contributed by atoms with E-state index in [0.29, 0.717) is 41.2 Å². The van der Waals surface area contributed by atoms with Gasteiger partial charge < -0.3 is 30.0 Å². The summed E-state index contributed by atoms with van der Waals surface area (Å²) in [7, 11) is 4.67. The maximum atomic E-state index is 9.29. The van der Waals surface area contributed by atoms with E-state index in [4.69, 9.17) is 14.2 Å². The summed E-state index contributed by atoms with van der Waals surface area (Å²) in [6.45, 7) is 4.27. The number of nitrogens with one attached hydrogen (secondary N) is 2. The molecule has 0 saturated carbocycles. The lowest BCUT2D eigenvalue weighted by Crippen LogP contribution is -2.09. The normalized spacial score (nSPS) is 10.6. The van der Waals surface area contributed by atoms with Crippen LogP contribution in [0.2, 0.25) is 0 Å². The maximum absolute atomic E-state index is 9.29. The fraction of sp³-hybridized carbons (Fsp3) is 0.350. The summed E-state index contributed by atoms with van der Waals surface area (Å²) >= 11 is 0. The number of anilines is 4. The molecule has 0 atom stereocenters. The number of hydrogen-bond donors (Lipinski definition) is 3. The molecule has 0 aliphatic rings. The summed E-state index contributed by atoms with van der Waals surface area (Å²) in [6, 6.07) is 5.30.